The summed E-state index contributed by atoms with van der Waals surface area (Å²) in [5, 5.41) is 9.61. The van der Waals surface area contributed by atoms with Crippen LogP contribution in [0, 0.1) is 0 Å². The number of hydrogen-bond acceptors (Lipinski definition) is 7. The normalized spacial score (nSPS) is 11.1. The number of aryl methyl sites for hydroxylation is 1. The maximum atomic E-state index is 12.5. The van der Waals surface area contributed by atoms with Gasteiger partial charge in [0.2, 0.25) is 5.82 Å². The van der Waals surface area contributed by atoms with Gasteiger partial charge in [0.1, 0.15) is 11.5 Å². The van der Waals surface area contributed by atoms with E-state index in [1.165, 1.54) is 23.1 Å². The molecular weight excluding hydrogens is 378 g/mol. The number of rotatable bonds is 6. The predicted octanol–water partition coefficient (Wildman–Crippen LogP) is 0.803. The molecule has 0 aromatic carbocycles. The number of nitrogens with one attached hydrogen (secondary N) is 3. The Balaban J connectivity index is 1.54. The average Bonchev–Trinajstić information content (AvgIpc) is 3.40. The summed E-state index contributed by atoms with van der Waals surface area (Å²) >= 11 is 0. The van der Waals surface area contributed by atoms with Crippen molar-refractivity contribution in [1.29, 1.82) is 0 Å². The van der Waals surface area contributed by atoms with E-state index in [0.717, 1.165) is 0 Å². The zero-order chi connectivity index (χ0) is 20.4. The Morgan fingerprint density at radius 1 is 1.34 bits per heavy atom. The van der Waals surface area contributed by atoms with Crippen LogP contribution in [0.3, 0.4) is 0 Å². The van der Waals surface area contributed by atoms with E-state index in [1.807, 2.05) is 6.92 Å². The largest absolute Gasteiger partial charge is 0.461 e. The summed E-state index contributed by atoms with van der Waals surface area (Å²) in [5.41, 5.74) is -0.671. The number of carbonyl (C=O) groups is 1. The fourth-order valence-electron chi connectivity index (χ4n) is 2.88. The lowest BCUT2D eigenvalue weighted by Gasteiger charge is -2.08. The van der Waals surface area contributed by atoms with Crippen LogP contribution in [-0.2, 0) is 13.1 Å². The maximum absolute atomic E-state index is 12.5. The molecule has 0 radical (unpaired) electrons. The zero-order valence-corrected chi connectivity index (χ0v) is 15.4. The number of aromatic amines is 2. The van der Waals surface area contributed by atoms with E-state index in [1.54, 1.807) is 12.1 Å². The molecule has 0 saturated heterocycles. The molecule has 0 aliphatic carbocycles. The summed E-state index contributed by atoms with van der Waals surface area (Å²) in [7, 11) is 0. The van der Waals surface area contributed by atoms with Gasteiger partial charge >= 0.3 is 5.69 Å². The zero-order valence-electron chi connectivity index (χ0n) is 15.4. The van der Waals surface area contributed by atoms with E-state index >= 15 is 0 Å². The van der Waals surface area contributed by atoms with Crippen molar-refractivity contribution in [2.24, 2.45) is 0 Å². The second kappa shape index (κ2) is 7.54. The fourth-order valence-corrected chi connectivity index (χ4v) is 2.88. The van der Waals surface area contributed by atoms with E-state index < -0.39 is 17.2 Å². The van der Waals surface area contributed by atoms with Crippen LogP contribution in [0.5, 0.6) is 0 Å². The van der Waals surface area contributed by atoms with Gasteiger partial charge in [0, 0.05) is 12.7 Å². The van der Waals surface area contributed by atoms with Gasteiger partial charge in [-0.3, -0.25) is 24.2 Å². The molecule has 0 aliphatic rings. The van der Waals surface area contributed by atoms with Crippen molar-refractivity contribution in [2.45, 2.75) is 26.4 Å². The molecule has 0 aliphatic heterocycles. The summed E-state index contributed by atoms with van der Waals surface area (Å²) < 4.78 is 6.60. The smallest absolute Gasteiger partial charge is 0.329 e. The van der Waals surface area contributed by atoms with Crippen LogP contribution in [0.4, 0.5) is 0 Å². The number of carbonyl (C=O) groups excluding carboxylic acids is 1. The number of aromatic nitrogens is 6. The number of amides is 1. The van der Waals surface area contributed by atoms with Gasteiger partial charge in [-0.2, -0.15) is 0 Å². The van der Waals surface area contributed by atoms with Crippen LogP contribution in [0.25, 0.3) is 22.6 Å². The third-order valence-electron chi connectivity index (χ3n) is 4.23. The molecule has 4 aromatic heterocycles. The monoisotopic (exact) mass is 395 g/mol. The van der Waals surface area contributed by atoms with Crippen molar-refractivity contribution in [3.05, 3.63) is 62.9 Å². The van der Waals surface area contributed by atoms with E-state index in [0.29, 0.717) is 30.4 Å². The Morgan fingerprint density at radius 3 is 2.97 bits per heavy atom. The van der Waals surface area contributed by atoms with Crippen LogP contribution in [0.2, 0.25) is 0 Å². The van der Waals surface area contributed by atoms with Crippen molar-refractivity contribution in [2.75, 3.05) is 0 Å². The molecule has 4 heterocycles. The average molecular weight is 395 g/mol. The van der Waals surface area contributed by atoms with Crippen molar-refractivity contribution < 1.29 is 9.21 Å². The molecule has 0 saturated carbocycles. The van der Waals surface area contributed by atoms with E-state index in [4.69, 9.17) is 4.42 Å². The molecule has 3 N–H and O–H groups in total. The van der Waals surface area contributed by atoms with Gasteiger partial charge in [-0.1, -0.05) is 6.92 Å². The van der Waals surface area contributed by atoms with Crippen LogP contribution >= 0.6 is 0 Å². The lowest BCUT2D eigenvalue weighted by atomic mass is 10.2. The lowest BCUT2D eigenvalue weighted by molar-refractivity contribution is 0.0949. The minimum atomic E-state index is -0.585. The van der Waals surface area contributed by atoms with Crippen molar-refractivity contribution in [3.8, 4) is 11.6 Å². The SMILES string of the molecule is CCCn1c(=O)[nH]c(=O)c2cc(C(=O)NCc3nc(-c4ccco4)n[nH]3)cnc21. The molecule has 0 atom stereocenters. The van der Waals surface area contributed by atoms with Gasteiger partial charge < -0.3 is 9.73 Å². The van der Waals surface area contributed by atoms with Crippen LogP contribution in [-0.4, -0.2) is 35.6 Å². The van der Waals surface area contributed by atoms with Crippen molar-refractivity contribution >= 4 is 16.9 Å². The minimum Gasteiger partial charge on any atom is -0.461 e. The first-order valence-corrected chi connectivity index (χ1v) is 8.93. The van der Waals surface area contributed by atoms with Crippen molar-refractivity contribution in [1.82, 2.24) is 35.0 Å². The van der Waals surface area contributed by atoms with Gasteiger partial charge in [-0.05, 0) is 24.6 Å². The summed E-state index contributed by atoms with van der Waals surface area (Å²) in [5.74, 6) is 0.887. The Kier molecular flexibility index (Phi) is 4.77. The molecule has 1 amide bonds. The number of hydrogen-bond donors (Lipinski definition) is 3. The van der Waals surface area contributed by atoms with Gasteiger partial charge in [0.15, 0.2) is 5.76 Å². The molecule has 0 fully saturated rings. The third-order valence-corrected chi connectivity index (χ3v) is 4.23. The Bertz CT molecular complexity index is 1280. The number of fused-ring (bicyclic) bond motifs is 1. The number of nitrogens with zero attached hydrogens (tertiary/aromatic N) is 4. The second-order valence-electron chi connectivity index (χ2n) is 6.27. The number of pyridine rings is 1. The quantitative estimate of drug-likeness (QED) is 0.437. The number of furan rings is 1. The highest BCUT2D eigenvalue weighted by molar-refractivity contribution is 5.96. The van der Waals surface area contributed by atoms with Gasteiger partial charge in [0.25, 0.3) is 11.5 Å². The fraction of sp³-hybridized carbons (Fsp3) is 0.222. The Hall–Kier alpha value is -4.02. The Morgan fingerprint density at radius 2 is 2.21 bits per heavy atom. The molecule has 4 aromatic rings. The van der Waals surface area contributed by atoms with E-state index in [9.17, 15) is 14.4 Å². The van der Waals surface area contributed by atoms with Gasteiger partial charge in [-0.15, -0.1) is 5.10 Å². The summed E-state index contributed by atoms with van der Waals surface area (Å²) in [4.78, 5) is 47.3. The Labute approximate surface area is 162 Å². The summed E-state index contributed by atoms with van der Waals surface area (Å²) in [6, 6.07) is 4.86. The van der Waals surface area contributed by atoms with Gasteiger partial charge in [-0.25, -0.2) is 14.8 Å². The van der Waals surface area contributed by atoms with Crippen LogP contribution < -0.4 is 16.6 Å². The maximum Gasteiger partial charge on any atom is 0.329 e. The highest BCUT2D eigenvalue weighted by Gasteiger charge is 2.14. The third kappa shape index (κ3) is 3.57. The first kappa shape index (κ1) is 18.3. The summed E-state index contributed by atoms with van der Waals surface area (Å²) in [6.07, 6.45) is 3.54. The van der Waals surface area contributed by atoms with Crippen LogP contribution in [0.1, 0.15) is 29.5 Å². The van der Waals surface area contributed by atoms with E-state index in [2.05, 4.69) is 30.5 Å². The molecule has 11 nitrogen and oxygen atoms in total. The van der Waals surface area contributed by atoms with E-state index in [-0.39, 0.29) is 23.1 Å². The first-order valence-electron chi connectivity index (χ1n) is 8.93. The molecule has 0 bridgehead atoms. The molecular formula is C18H17N7O4. The second-order valence-corrected chi connectivity index (χ2v) is 6.27. The molecule has 0 unspecified atom stereocenters. The molecule has 0 spiro atoms. The standard InChI is InChI=1S/C18H17N7O4/c1-2-5-25-15-11(17(27)22-18(25)28)7-10(8-19-15)16(26)20-9-13-21-14(24-23-13)12-4-3-6-29-12/h3-4,6-8H,2,5,9H2,1H3,(H,20,26)(H,21,23,24)(H,22,27,28). The highest BCUT2D eigenvalue weighted by Crippen LogP contribution is 2.14. The summed E-state index contributed by atoms with van der Waals surface area (Å²) in [6.45, 7) is 2.41. The van der Waals surface area contributed by atoms with Gasteiger partial charge in [0.05, 0.1) is 23.8 Å². The highest BCUT2D eigenvalue weighted by atomic mass is 16.3. The van der Waals surface area contributed by atoms with Crippen LogP contribution in [0.15, 0.2) is 44.7 Å². The minimum absolute atomic E-state index is 0.0935. The molecule has 29 heavy (non-hydrogen) atoms. The predicted molar refractivity (Wildman–Crippen MR) is 102 cm³/mol. The topological polar surface area (TPSA) is 152 Å². The molecule has 4 rings (SSSR count). The molecule has 148 valence electrons. The lowest BCUT2D eigenvalue weighted by Crippen LogP contribution is -2.31. The first-order chi connectivity index (χ1) is 14.1. The molecule has 11 heteroatoms. The number of H-pyrrole nitrogens is 2. The van der Waals surface area contributed by atoms with Crippen molar-refractivity contribution in [3.63, 3.8) is 0 Å².